The van der Waals surface area contributed by atoms with Crippen molar-refractivity contribution >= 4 is 11.0 Å². The largest absolute Gasteiger partial charge is 0.392 e. The highest BCUT2D eigenvalue weighted by Crippen LogP contribution is 2.06. The van der Waals surface area contributed by atoms with E-state index in [9.17, 15) is 4.79 Å². The summed E-state index contributed by atoms with van der Waals surface area (Å²) in [6, 6.07) is 7.34. The third-order valence-electron chi connectivity index (χ3n) is 3.16. The van der Waals surface area contributed by atoms with Gasteiger partial charge in [0.15, 0.2) is 5.65 Å². The van der Waals surface area contributed by atoms with Gasteiger partial charge in [0.2, 0.25) is 0 Å². The monoisotopic (exact) mass is 271 g/mol. The van der Waals surface area contributed by atoms with E-state index in [1.807, 2.05) is 24.3 Å². The van der Waals surface area contributed by atoms with E-state index in [-0.39, 0.29) is 12.2 Å². The molecule has 2 heterocycles. The number of hydrogen-bond acceptors (Lipinski definition) is 5. The van der Waals surface area contributed by atoms with Gasteiger partial charge in [0.1, 0.15) is 5.39 Å². The number of aryl methyl sites for hydroxylation is 1. The Bertz CT molecular complexity index is 804. The van der Waals surface area contributed by atoms with Crippen molar-refractivity contribution in [3.8, 4) is 0 Å². The molecule has 2 aromatic heterocycles. The second kappa shape index (κ2) is 4.86. The van der Waals surface area contributed by atoms with E-state index in [0.29, 0.717) is 17.6 Å². The molecular formula is C13H13N5O2. The lowest BCUT2D eigenvalue weighted by Gasteiger charge is -2.04. The maximum Gasteiger partial charge on any atom is 0.281 e. The fourth-order valence-electron chi connectivity index (χ4n) is 2.00. The van der Waals surface area contributed by atoms with Gasteiger partial charge in [-0.2, -0.15) is 5.10 Å². The zero-order valence-electron chi connectivity index (χ0n) is 10.9. The van der Waals surface area contributed by atoms with Crippen LogP contribution >= 0.6 is 0 Å². The molecule has 1 aromatic carbocycles. The van der Waals surface area contributed by atoms with Crippen LogP contribution in [-0.2, 0) is 20.2 Å². The standard InChI is InChI=1S/C13H13N5O2/c1-17-12-11(6-14-17)13(20)18(16-15-12)7-9-2-4-10(8-19)5-3-9/h2-6,19H,7-8H2,1H3. The molecule has 7 nitrogen and oxygen atoms in total. The van der Waals surface area contributed by atoms with Gasteiger partial charge in [-0.25, -0.2) is 9.36 Å². The third-order valence-corrected chi connectivity index (χ3v) is 3.16. The van der Waals surface area contributed by atoms with Crippen LogP contribution in [0.4, 0.5) is 0 Å². The summed E-state index contributed by atoms with van der Waals surface area (Å²) in [6.07, 6.45) is 1.50. The summed E-state index contributed by atoms with van der Waals surface area (Å²) >= 11 is 0. The molecule has 0 bridgehead atoms. The minimum Gasteiger partial charge on any atom is -0.392 e. The molecule has 20 heavy (non-hydrogen) atoms. The molecule has 0 saturated carbocycles. The molecule has 0 radical (unpaired) electrons. The Kier molecular flexibility index (Phi) is 3.03. The average Bonchev–Trinajstić information content (AvgIpc) is 2.85. The van der Waals surface area contributed by atoms with Crippen LogP contribution < -0.4 is 5.56 Å². The van der Waals surface area contributed by atoms with Crippen LogP contribution in [0, 0.1) is 0 Å². The van der Waals surface area contributed by atoms with E-state index in [0.717, 1.165) is 11.1 Å². The lowest BCUT2D eigenvalue weighted by atomic mass is 10.1. The molecule has 0 saturated heterocycles. The highest BCUT2D eigenvalue weighted by Gasteiger charge is 2.09. The van der Waals surface area contributed by atoms with Gasteiger partial charge in [0.05, 0.1) is 19.3 Å². The lowest BCUT2D eigenvalue weighted by molar-refractivity contribution is 0.282. The van der Waals surface area contributed by atoms with Crippen molar-refractivity contribution in [1.82, 2.24) is 24.8 Å². The summed E-state index contributed by atoms with van der Waals surface area (Å²) in [5.41, 5.74) is 2.01. The summed E-state index contributed by atoms with van der Waals surface area (Å²) in [7, 11) is 1.72. The summed E-state index contributed by atoms with van der Waals surface area (Å²) in [4.78, 5) is 12.2. The highest BCUT2D eigenvalue weighted by molar-refractivity contribution is 5.72. The smallest absolute Gasteiger partial charge is 0.281 e. The Morgan fingerprint density at radius 1 is 1.20 bits per heavy atom. The molecule has 1 N–H and O–H groups in total. The van der Waals surface area contributed by atoms with E-state index < -0.39 is 0 Å². The van der Waals surface area contributed by atoms with Crippen LogP contribution in [-0.4, -0.2) is 29.9 Å². The van der Waals surface area contributed by atoms with Crippen molar-refractivity contribution in [3.63, 3.8) is 0 Å². The van der Waals surface area contributed by atoms with Crippen molar-refractivity contribution in [1.29, 1.82) is 0 Å². The van der Waals surface area contributed by atoms with E-state index >= 15 is 0 Å². The van der Waals surface area contributed by atoms with Crippen LogP contribution in [0.3, 0.4) is 0 Å². The topological polar surface area (TPSA) is 85.8 Å². The Labute approximate surface area is 114 Å². The molecule has 0 aliphatic heterocycles. The van der Waals surface area contributed by atoms with Crippen LogP contribution in [0.5, 0.6) is 0 Å². The molecule has 3 aromatic rings. The van der Waals surface area contributed by atoms with Gasteiger partial charge in [-0.1, -0.05) is 29.5 Å². The molecule has 0 atom stereocenters. The van der Waals surface area contributed by atoms with Crippen molar-refractivity contribution in [3.05, 3.63) is 51.9 Å². The zero-order valence-corrected chi connectivity index (χ0v) is 10.9. The van der Waals surface area contributed by atoms with Crippen LogP contribution in [0.15, 0.2) is 35.3 Å². The lowest BCUT2D eigenvalue weighted by Crippen LogP contribution is -2.24. The molecule has 0 spiro atoms. The first-order chi connectivity index (χ1) is 9.69. The quantitative estimate of drug-likeness (QED) is 0.728. The highest BCUT2D eigenvalue weighted by atomic mass is 16.3. The van der Waals surface area contributed by atoms with Gasteiger partial charge >= 0.3 is 0 Å². The second-order valence-corrected chi connectivity index (χ2v) is 4.53. The number of aliphatic hydroxyl groups is 1. The molecule has 7 heteroatoms. The number of hydrogen-bond donors (Lipinski definition) is 1. The first-order valence-electron chi connectivity index (χ1n) is 6.13. The maximum absolute atomic E-state index is 12.2. The number of fused-ring (bicyclic) bond motifs is 1. The van der Waals surface area contributed by atoms with Crippen LogP contribution in [0.2, 0.25) is 0 Å². The van der Waals surface area contributed by atoms with Gasteiger partial charge in [-0.05, 0) is 11.1 Å². The summed E-state index contributed by atoms with van der Waals surface area (Å²) in [5, 5.41) is 21.4. The van der Waals surface area contributed by atoms with Crippen molar-refractivity contribution in [2.45, 2.75) is 13.2 Å². The normalized spacial score (nSPS) is 11.1. The maximum atomic E-state index is 12.2. The second-order valence-electron chi connectivity index (χ2n) is 4.53. The molecule has 0 unspecified atom stereocenters. The van der Waals surface area contributed by atoms with Gasteiger partial charge in [0.25, 0.3) is 5.56 Å². The van der Waals surface area contributed by atoms with Gasteiger partial charge in [-0.15, -0.1) is 5.10 Å². The van der Waals surface area contributed by atoms with E-state index in [2.05, 4.69) is 15.4 Å². The number of benzene rings is 1. The van der Waals surface area contributed by atoms with Gasteiger partial charge in [-0.3, -0.25) is 4.79 Å². The fraction of sp³-hybridized carbons (Fsp3) is 0.231. The predicted octanol–water partition coefficient (Wildman–Crippen LogP) is 0.0656. The molecular weight excluding hydrogens is 258 g/mol. The van der Waals surface area contributed by atoms with E-state index in [4.69, 9.17) is 5.11 Å². The van der Waals surface area contributed by atoms with Gasteiger partial charge < -0.3 is 5.11 Å². The SMILES string of the molecule is Cn1ncc2c(=O)n(Cc3ccc(CO)cc3)nnc21. The summed E-state index contributed by atoms with van der Waals surface area (Å²) in [5.74, 6) is 0. The Hall–Kier alpha value is -2.54. The molecule has 0 fully saturated rings. The van der Waals surface area contributed by atoms with Crippen molar-refractivity contribution in [2.24, 2.45) is 7.05 Å². The Morgan fingerprint density at radius 3 is 2.60 bits per heavy atom. The number of aliphatic hydroxyl groups excluding tert-OH is 1. The Balaban J connectivity index is 1.97. The first-order valence-corrected chi connectivity index (χ1v) is 6.13. The molecule has 102 valence electrons. The molecule has 0 aliphatic carbocycles. The van der Waals surface area contributed by atoms with Crippen molar-refractivity contribution < 1.29 is 5.11 Å². The van der Waals surface area contributed by atoms with Crippen LogP contribution in [0.1, 0.15) is 11.1 Å². The third kappa shape index (κ3) is 2.08. The molecule has 3 rings (SSSR count). The van der Waals surface area contributed by atoms with E-state index in [1.165, 1.54) is 15.6 Å². The first kappa shape index (κ1) is 12.5. The average molecular weight is 271 g/mol. The van der Waals surface area contributed by atoms with Crippen LogP contribution in [0.25, 0.3) is 11.0 Å². The van der Waals surface area contributed by atoms with Gasteiger partial charge in [0, 0.05) is 7.05 Å². The predicted molar refractivity (Wildman–Crippen MR) is 72.0 cm³/mol. The number of nitrogens with zero attached hydrogens (tertiary/aromatic N) is 5. The van der Waals surface area contributed by atoms with E-state index in [1.54, 1.807) is 7.05 Å². The zero-order chi connectivity index (χ0) is 14.1. The summed E-state index contributed by atoms with van der Waals surface area (Å²) in [6.45, 7) is 0.337. The fourth-order valence-corrected chi connectivity index (χ4v) is 2.00. The number of aromatic nitrogens is 5. The minimum atomic E-state index is -0.214. The summed E-state index contributed by atoms with van der Waals surface area (Å²) < 4.78 is 2.82. The molecule has 0 aliphatic rings. The Morgan fingerprint density at radius 2 is 1.90 bits per heavy atom. The molecule has 0 amide bonds. The minimum absolute atomic E-state index is 0.00166. The number of rotatable bonds is 3. The van der Waals surface area contributed by atoms with Crippen molar-refractivity contribution in [2.75, 3.05) is 0 Å².